The van der Waals surface area contributed by atoms with Gasteiger partial charge < -0.3 is 4.90 Å². The Balaban J connectivity index is 2.04. The molecule has 1 heterocycles. The molecule has 1 aliphatic heterocycles. The van der Waals surface area contributed by atoms with Crippen molar-refractivity contribution in [3.05, 3.63) is 35.9 Å². The first-order valence-electron chi connectivity index (χ1n) is 6.65. The Morgan fingerprint density at radius 2 is 2.06 bits per heavy atom. The Kier molecular flexibility index (Phi) is 5.03. The number of carbonyl (C=O) groups is 1. The summed E-state index contributed by atoms with van der Waals surface area (Å²) in [6.45, 7) is 3.87. The van der Waals surface area contributed by atoms with Crippen LogP contribution < -0.4 is 0 Å². The summed E-state index contributed by atoms with van der Waals surface area (Å²) in [6.07, 6.45) is 2.14. The minimum atomic E-state index is 0.260. The van der Waals surface area contributed by atoms with Crippen molar-refractivity contribution in [2.75, 3.05) is 11.0 Å². The zero-order valence-electron chi connectivity index (χ0n) is 10.8. The number of benzene rings is 1. The van der Waals surface area contributed by atoms with Crippen LogP contribution in [0.4, 0.5) is 0 Å². The quantitative estimate of drug-likeness (QED) is 0.584. The SMILES string of the molecule is CCC[C@H]1C(=O)N(Cc2ccccc2)C[C@@H]1CI. The van der Waals surface area contributed by atoms with Crippen LogP contribution in [0.2, 0.25) is 0 Å². The minimum absolute atomic E-state index is 0.260. The van der Waals surface area contributed by atoms with E-state index in [9.17, 15) is 4.79 Å². The molecule has 0 saturated carbocycles. The number of likely N-dealkylation sites (tertiary alicyclic amines) is 1. The summed E-state index contributed by atoms with van der Waals surface area (Å²) in [7, 11) is 0. The first kappa shape index (κ1) is 13.8. The van der Waals surface area contributed by atoms with Gasteiger partial charge in [0.1, 0.15) is 0 Å². The number of nitrogens with zero attached hydrogens (tertiary/aromatic N) is 1. The summed E-state index contributed by atoms with van der Waals surface area (Å²) < 4.78 is 1.08. The fourth-order valence-corrected chi connectivity index (χ4v) is 3.60. The highest BCUT2D eigenvalue weighted by Gasteiger charge is 2.38. The number of hydrogen-bond donors (Lipinski definition) is 0. The van der Waals surface area contributed by atoms with Crippen molar-refractivity contribution in [3.8, 4) is 0 Å². The Hall–Kier alpha value is -0.580. The van der Waals surface area contributed by atoms with E-state index < -0.39 is 0 Å². The van der Waals surface area contributed by atoms with E-state index in [2.05, 4.69) is 41.6 Å². The number of hydrogen-bond acceptors (Lipinski definition) is 1. The predicted molar refractivity (Wildman–Crippen MR) is 82.6 cm³/mol. The summed E-state index contributed by atoms with van der Waals surface area (Å²) in [5, 5.41) is 0. The van der Waals surface area contributed by atoms with Crippen molar-refractivity contribution in [2.24, 2.45) is 11.8 Å². The van der Waals surface area contributed by atoms with E-state index in [0.29, 0.717) is 11.8 Å². The third kappa shape index (κ3) is 3.05. The maximum absolute atomic E-state index is 12.4. The maximum atomic E-state index is 12.4. The van der Waals surface area contributed by atoms with Gasteiger partial charge in [0.05, 0.1) is 0 Å². The zero-order chi connectivity index (χ0) is 13.0. The number of carbonyl (C=O) groups excluding carboxylic acids is 1. The van der Waals surface area contributed by atoms with Crippen molar-refractivity contribution >= 4 is 28.5 Å². The van der Waals surface area contributed by atoms with Gasteiger partial charge in [0, 0.05) is 23.4 Å². The highest BCUT2D eigenvalue weighted by Crippen LogP contribution is 2.31. The predicted octanol–water partition coefficient (Wildman–Crippen LogP) is 3.50. The molecule has 0 unspecified atom stereocenters. The molecule has 1 amide bonds. The highest BCUT2D eigenvalue weighted by molar-refractivity contribution is 14.1. The molecule has 0 spiro atoms. The molecular weight excluding hydrogens is 337 g/mol. The van der Waals surface area contributed by atoms with Gasteiger partial charge in [-0.15, -0.1) is 0 Å². The molecule has 2 rings (SSSR count). The van der Waals surface area contributed by atoms with Crippen molar-refractivity contribution in [1.29, 1.82) is 0 Å². The topological polar surface area (TPSA) is 20.3 Å². The lowest BCUT2D eigenvalue weighted by Crippen LogP contribution is -2.26. The molecule has 1 aromatic rings. The van der Waals surface area contributed by atoms with Crippen LogP contribution in [0.1, 0.15) is 25.3 Å². The van der Waals surface area contributed by atoms with E-state index >= 15 is 0 Å². The number of alkyl halides is 1. The second kappa shape index (κ2) is 6.55. The van der Waals surface area contributed by atoms with Crippen LogP contribution in [0.15, 0.2) is 30.3 Å². The lowest BCUT2D eigenvalue weighted by atomic mass is 9.93. The van der Waals surface area contributed by atoms with Crippen LogP contribution in [-0.4, -0.2) is 21.8 Å². The summed E-state index contributed by atoms with van der Waals surface area (Å²) >= 11 is 2.42. The second-order valence-electron chi connectivity index (χ2n) is 5.01. The normalized spacial score (nSPS) is 23.7. The Morgan fingerprint density at radius 3 is 2.67 bits per heavy atom. The van der Waals surface area contributed by atoms with Crippen molar-refractivity contribution < 1.29 is 4.79 Å². The first-order chi connectivity index (χ1) is 8.76. The van der Waals surface area contributed by atoms with E-state index in [0.717, 1.165) is 30.4 Å². The minimum Gasteiger partial charge on any atom is -0.338 e. The van der Waals surface area contributed by atoms with Crippen LogP contribution in [0.25, 0.3) is 0 Å². The van der Waals surface area contributed by atoms with Crippen LogP contribution in [0, 0.1) is 11.8 Å². The third-order valence-electron chi connectivity index (χ3n) is 3.67. The number of amides is 1. The molecule has 98 valence electrons. The van der Waals surface area contributed by atoms with Crippen LogP contribution in [0.5, 0.6) is 0 Å². The zero-order valence-corrected chi connectivity index (χ0v) is 13.0. The van der Waals surface area contributed by atoms with Gasteiger partial charge in [-0.25, -0.2) is 0 Å². The van der Waals surface area contributed by atoms with Crippen LogP contribution >= 0.6 is 22.6 Å². The van der Waals surface area contributed by atoms with Crippen molar-refractivity contribution in [1.82, 2.24) is 4.90 Å². The third-order valence-corrected chi connectivity index (χ3v) is 4.80. The molecule has 0 aromatic heterocycles. The van der Waals surface area contributed by atoms with E-state index in [4.69, 9.17) is 0 Å². The average Bonchev–Trinajstić information content (AvgIpc) is 2.69. The summed E-state index contributed by atoms with van der Waals surface area (Å²) in [5.41, 5.74) is 1.23. The molecular formula is C15H20INO. The van der Waals surface area contributed by atoms with E-state index in [1.807, 2.05) is 23.1 Å². The number of halogens is 1. The van der Waals surface area contributed by atoms with E-state index in [1.54, 1.807) is 0 Å². The molecule has 0 radical (unpaired) electrons. The standard InChI is InChI=1S/C15H20INO/c1-2-6-14-13(9-16)11-17(15(14)18)10-12-7-4-3-5-8-12/h3-5,7-8,13-14H,2,6,9-11H2,1H3/t13-,14+/m0/s1. The highest BCUT2D eigenvalue weighted by atomic mass is 127. The second-order valence-corrected chi connectivity index (χ2v) is 5.89. The lowest BCUT2D eigenvalue weighted by molar-refractivity contribution is -0.131. The molecule has 0 bridgehead atoms. The molecule has 1 aromatic carbocycles. The molecule has 1 saturated heterocycles. The van der Waals surface area contributed by atoms with Crippen molar-refractivity contribution in [2.45, 2.75) is 26.3 Å². The van der Waals surface area contributed by atoms with Gasteiger partial charge in [-0.3, -0.25) is 4.79 Å². The fraction of sp³-hybridized carbons (Fsp3) is 0.533. The lowest BCUT2D eigenvalue weighted by Gasteiger charge is -2.16. The van der Waals surface area contributed by atoms with Crippen LogP contribution in [-0.2, 0) is 11.3 Å². The molecule has 3 heteroatoms. The molecule has 0 N–H and O–H groups in total. The summed E-state index contributed by atoms with van der Waals surface area (Å²) in [5.74, 6) is 1.17. The average molecular weight is 357 g/mol. The molecule has 2 nitrogen and oxygen atoms in total. The largest absolute Gasteiger partial charge is 0.338 e. The van der Waals surface area contributed by atoms with Gasteiger partial charge in [0.25, 0.3) is 0 Å². The van der Waals surface area contributed by atoms with Gasteiger partial charge in [0.2, 0.25) is 5.91 Å². The Labute approximate surface area is 123 Å². The van der Waals surface area contributed by atoms with Crippen LogP contribution in [0.3, 0.4) is 0 Å². The summed E-state index contributed by atoms with van der Waals surface area (Å²) in [4.78, 5) is 14.4. The van der Waals surface area contributed by atoms with Gasteiger partial charge in [0.15, 0.2) is 0 Å². The molecule has 0 aliphatic carbocycles. The molecule has 18 heavy (non-hydrogen) atoms. The molecule has 2 atom stereocenters. The van der Waals surface area contributed by atoms with E-state index in [-0.39, 0.29) is 5.92 Å². The van der Waals surface area contributed by atoms with Gasteiger partial charge in [-0.05, 0) is 17.9 Å². The fourth-order valence-electron chi connectivity index (χ4n) is 2.71. The van der Waals surface area contributed by atoms with Crippen molar-refractivity contribution in [3.63, 3.8) is 0 Å². The van der Waals surface area contributed by atoms with E-state index in [1.165, 1.54) is 5.56 Å². The molecule has 1 aliphatic rings. The smallest absolute Gasteiger partial charge is 0.226 e. The molecule has 1 fully saturated rings. The Morgan fingerprint density at radius 1 is 1.33 bits per heavy atom. The summed E-state index contributed by atoms with van der Waals surface area (Å²) in [6, 6.07) is 10.3. The Bertz CT molecular complexity index is 393. The van der Waals surface area contributed by atoms with Gasteiger partial charge in [-0.1, -0.05) is 66.3 Å². The number of rotatable bonds is 5. The monoisotopic (exact) mass is 357 g/mol. The van der Waals surface area contributed by atoms with Gasteiger partial charge >= 0.3 is 0 Å². The maximum Gasteiger partial charge on any atom is 0.226 e. The van der Waals surface area contributed by atoms with Gasteiger partial charge in [-0.2, -0.15) is 0 Å². The first-order valence-corrected chi connectivity index (χ1v) is 8.17.